The maximum Gasteiger partial charge on any atom is 0.0797 e. The van der Waals surface area contributed by atoms with Crippen molar-refractivity contribution in [1.82, 2.24) is 0 Å². The van der Waals surface area contributed by atoms with E-state index < -0.39 is 7.26 Å². The largest absolute Gasteiger partial charge is 0.0965 e. The molecule has 0 atom stereocenters. The van der Waals surface area contributed by atoms with Gasteiger partial charge in [0.25, 0.3) is 0 Å². The molecular formula is C16H34P+. The highest BCUT2D eigenvalue weighted by Gasteiger charge is 2.34. The summed E-state index contributed by atoms with van der Waals surface area (Å²) in [6, 6.07) is 0. The fourth-order valence-electron chi connectivity index (χ4n) is 2.63. The molecule has 0 heterocycles. The predicted octanol–water partition coefficient (Wildman–Crippen LogP) is 5.98. The third-order valence-corrected chi connectivity index (χ3v) is 8.57. The molecule has 1 heteroatoms. The van der Waals surface area contributed by atoms with Crippen LogP contribution in [0.5, 0.6) is 0 Å². The van der Waals surface area contributed by atoms with Crippen LogP contribution in [-0.2, 0) is 0 Å². The fourth-order valence-corrected chi connectivity index (χ4v) is 7.88. The highest BCUT2D eigenvalue weighted by molar-refractivity contribution is 7.76. The second kappa shape index (κ2) is 10.1. The van der Waals surface area contributed by atoms with Gasteiger partial charge in [-0.3, -0.25) is 0 Å². The van der Waals surface area contributed by atoms with Crippen LogP contribution >= 0.6 is 7.26 Å². The molecule has 0 saturated carbocycles. The van der Waals surface area contributed by atoms with E-state index in [4.69, 9.17) is 0 Å². The molecule has 0 fully saturated rings. The van der Waals surface area contributed by atoms with Gasteiger partial charge < -0.3 is 0 Å². The van der Waals surface area contributed by atoms with Crippen LogP contribution in [0.1, 0.15) is 66.2 Å². The van der Waals surface area contributed by atoms with E-state index in [9.17, 15) is 0 Å². The third kappa shape index (κ3) is 7.98. The molecular weight excluding hydrogens is 223 g/mol. The van der Waals surface area contributed by atoms with Gasteiger partial charge in [-0.2, -0.15) is 0 Å². The van der Waals surface area contributed by atoms with Gasteiger partial charge in [-0.1, -0.05) is 46.6 Å². The quantitative estimate of drug-likeness (QED) is 0.315. The smallest absolute Gasteiger partial charge is 0.0797 e. The lowest BCUT2D eigenvalue weighted by Crippen LogP contribution is -2.13. The lowest BCUT2D eigenvalue weighted by molar-refractivity contribution is 0.834. The molecule has 0 N–H and O–H groups in total. The van der Waals surface area contributed by atoms with Crippen LogP contribution in [0.3, 0.4) is 0 Å². The summed E-state index contributed by atoms with van der Waals surface area (Å²) in [6.07, 6.45) is 14.3. The second-order valence-corrected chi connectivity index (χ2v) is 10.0. The molecule has 0 aliphatic rings. The Balaban J connectivity index is 4.56. The Kier molecular flexibility index (Phi) is 10.2. The number of hydrogen-bond acceptors (Lipinski definition) is 0. The first-order chi connectivity index (χ1) is 8.10. The normalized spacial score (nSPS) is 11.8. The summed E-state index contributed by atoms with van der Waals surface area (Å²) in [5, 5.41) is 0. The Morgan fingerprint density at radius 3 is 1.41 bits per heavy atom. The van der Waals surface area contributed by atoms with Crippen molar-refractivity contribution in [3.63, 3.8) is 0 Å². The van der Waals surface area contributed by atoms with Crippen molar-refractivity contribution in [2.24, 2.45) is 0 Å². The summed E-state index contributed by atoms with van der Waals surface area (Å²) in [5.74, 6) is 0. The minimum atomic E-state index is -0.701. The van der Waals surface area contributed by atoms with Gasteiger partial charge in [0.15, 0.2) is 0 Å². The van der Waals surface area contributed by atoms with Crippen LogP contribution < -0.4 is 0 Å². The van der Waals surface area contributed by atoms with Crippen molar-refractivity contribution in [2.45, 2.75) is 66.2 Å². The van der Waals surface area contributed by atoms with Crippen molar-refractivity contribution in [2.75, 3.05) is 24.6 Å². The molecule has 0 aromatic heterocycles. The zero-order chi connectivity index (χ0) is 13.1. The first-order valence-electron chi connectivity index (χ1n) is 7.59. The minimum absolute atomic E-state index is 0.701. The molecule has 102 valence electrons. The van der Waals surface area contributed by atoms with Crippen LogP contribution in [0.2, 0.25) is 0 Å². The lowest BCUT2D eigenvalue weighted by atomic mass is 10.4. The molecule has 0 rings (SSSR count). The van der Waals surface area contributed by atoms with E-state index >= 15 is 0 Å². The Bertz CT molecular complexity index is 174. The van der Waals surface area contributed by atoms with E-state index in [0.717, 1.165) is 0 Å². The van der Waals surface area contributed by atoms with Crippen LogP contribution in [0.4, 0.5) is 0 Å². The van der Waals surface area contributed by atoms with Crippen LogP contribution in [0.15, 0.2) is 12.2 Å². The van der Waals surface area contributed by atoms with Gasteiger partial charge in [-0.15, -0.1) is 0 Å². The summed E-state index contributed by atoms with van der Waals surface area (Å²) in [5.41, 5.74) is 1.43. The molecule has 0 saturated heterocycles. The minimum Gasteiger partial charge on any atom is -0.0965 e. The Hall–Kier alpha value is 0.170. The van der Waals surface area contributed by atoms with Gasteiger partial charge in [-0.25, -0.2) is 0 Å². The molecule has 0 unspecified atom stereocenters. The zero-order valence-corrected chi connectivity index (χ0v) is 13.6. The summed E-state index contributed by atoms with van der Waals surface area (Å²) in [4.78, 5) is 0. The van der Waals surface area contributed by atoms with Gasteiger partial charge in [0.1, 0.15) is 0 Å². The summed E-state index contributed by atoms with van der Waals surface area (Å²) >= 11 is 0. The Labute approximate surface area is 111 Å². The lowest BCUT2D eigenvalue weighted by Gasteiger charge is -2.28. The summed E-state index contributed by atoms with van der Waals surface area (Å²) in [6.45, 7) is 13.4. The maximum absolute atomic E-state index is 4.19. The monoisotopic (exact) mass is 257 g/mol. The van der Waals surface area contributed by atoms with E-state index in [-0.39, 0.29) is 0 Å². The molecule has 0 nitrogen and oxygen atoms in total. The van der Waals surface area contributed by atoms with Crippen molar-refractivity contribution >= 4 is 7.26 Å². The van der Waals surface area contributed by atoms with Crippen molar-refractivity contribution in [3.05, 3.63) is 12.2 Å². The summed E-state index contributed by atoms with van der Waals surface area (Å²) in [7, 11) is -0.701. The first kappa shape index (κ1) is 17.2. The number of allylic oxidation sites excluding steroid dienone is 1. The first-order valence-corrected chi connectivity index (χ1v) is 10.1. The topological polar surface area (TPSA) is 0 Å². The number of hydrogen-bond donors (Lipinski definition) is 0. The highest BCUT2D eigenvalue weighted by atomic mass is 31.2. The van der Waals surface area contributed by atoms with Gasteiger partial charge in [0.2, 0.25) is 0 Å². The van der Waals surface area contributed by atoms with Gasteiger partial charge in [0.05, 0.1) is 24.6 Å². The zero-order valence-electron chi connectivity index (χ0n) is 12.7. The second-order valence-electron chi connectivity index (χ2n) is 5.69. The van der Waals surface area contributed by atoms with E-state index in [1.165, 1.54) is 68.7 Å². The van der Waals surface area contributed by atoms with Gasteiger partial charge >= 0.3 is 0 Å². The van der Waals surface area contributed by atoms with Crippen molar-refractivity contribution in [1.29, 1.82) is 0 Å². The van der Waals surface area contributed by atoms with Gasteiger partial charge in [0, 0.05) is 7.26 Å². The van der Waals surface area contributed by atoms with Crippen LogP contribution in [-0.4, -0.2) is 24.6 Å². The number of unbranched alkanes of at least 4 members (excludes halogenated alkanes) is 3. The van der Waals surface area contributed by atoms with Gasteiger partial charge in [-0.05, 0) is 31.8 Å². The molecule has 0 aromatic rings. The molecule has 0 aromatic carbocycles. The SMILES string of the molecule is C=C(C)C[P+](CCCC)(CCCC)CCCC. The van der Waals surface area contributed by atoms with E-state index in [1.807, 2.05) is 0 Å². The predicted molar refractivity (Wildman–Crippen MR) is 85.9 cm³/mol. The third-order valence-electron chi connectivity index (χ3n) is 3.56. The summed E-state index contributed by atoms with van der Waals surface area (Å²) < 4.78 is 0. The Morgan fingerprint density at radius 2 is 1.18 bits per heavy atom. The van der Waals surface area contributed by atoms with E-state index in [2.05, 4.69) is 34.3 Å². The average Bonchev–Trinajstić information content (AvgIpc) is 2.30. The fraction of sp³-hybridized carbons (Fsp3) is 0.875. The maximum atomic E-state index is 4.19. The molecule has 0 bridgehead atoms. The molecule has 0 aliphatic heterocycles. The molecule has 0 amide bonds. The average molecular weight is 257 g/mol. The molecule has 0 spiro atoms. The standard InChI is InChI=1S/C16H34P/c1-6-9-12-17(13-10-7-2,14-11-8-3)15-16(4)5/h4,6-15H2,1-3,5H3/q+1. The van der Waals surface area contributed by atoms with E-state index in [1.54, 1.807) is 0 Å². The van der Waals surface area contributed by atoms with Crippen molar-refractivity contribution in [3.8, 4) is 0 Å². The Morgan fingerprint density at radius 1 is 0.824 bits per heavy atom. The van der Waals surface area contributed by atoms with Crippen molar-refractivity contribution < 1.29 is 0 Å². The molecule has 0 radical (unpaired) electrons. The number of rotatable bonds is 11. The molecule has 17 heavy (non-hydrogen) atoms. The van der Waals surface area contributed by atoms with Crippen LogP contribution in [0.25, 0.3) is 0 Å². The molecule has 0 aliphatic carbocycles. The van der Waals surface area contributed by atoms with E-state index in [0.29, 0.717) is 0 Å². The van der Waals surface area contributed by atoms with Crippen LogP contribution in [0, 0.1) is 0 Å². The highest BCUT2D eigenvalue weighted by Crippen LogP contribution is 2.61.